The molecule has 5 rings (SSSR count). The predicted octanol–water partition coefficient (Wildman–Crippen LogP) is 6.87. The Morgan fingerprint density at radius 1 is 0.833 bits per heavy atom. The van der Waals surface area contributed by atoms with Crippen LogP contribution in [0.25, 0.3) is 27.8 Å². The molecule has 0 aliphatic heterocycles. The minimum absolute atomic E-state index is 0.341. The average Bonchev–Trinajstić information content (AvgIpc) is 3.29. The molecule has 0 saturated heterocycles. The zero-order chi connectivity index (χ0) is 25.3. The van der Waals surface area contributed by atoms with Crippen molar-refractivity contribution >= 4 is 22.5 Å². The van der Waals surface area contributed by atoms with Crippen molar-refractivity contribution in [3.8, 4) is 28.3 Å². The van der Waals surface area contributed by atoms with Crippen LogP contribution < -0.4 is 14.8 Å². The SMILES string of the molecule is COc1ccc(Nc2ncnc3c2c(-c2ccccc2)cn3-c2cccc(C(F)(F)F)c2)cc1OC. The minimum Gasteiger partial charge on any atom is -0.493 e. The Morgan fingerprint density at radius 2 is 1.61 bits per heavy atom. The van der Waals surface area contributed by atoms with E-state index in [0.29, 0.717) is 39.7 Å². The lowest BCUT2D eigenvalue weighted by atomic mass is 10.1. The fraction of sp³-hybridized carbons (Fsp3) is 0.111. The van der Waals surface area contributed by atoms with Crippen LogP contribution in [-0.2, 0) is 6.18 Å². The fourth-order valence-corrected chi connectivity index (χ4v) is 4.07. The number of hydrogen-bond acceptors (Lipinski definition) is 5. The van der Waals surface area contributed by atoms with E-state index in [0.717, 1.165) is 23.3 Å². The summed E-state index contributed by atoms with van der Waals surface area (Å²) in [6.45, 7) is 0. The van der Waals surface area contributed by atoms with Crippen molar-refractivity contribution in [2.75, 3.05) is 19.5 Å². The molecule has 2 heterocycles. The molecule has 0 aliphatic rings. The van der Waals surface area contributed by atoms with Crippen molar-refractivity contribution in [3.05, 3.63) is 90.9 Å². The Morgan fingerprint density at radius 3 is 2.33 bits per heavy atom. The number of nitrogens with zero attached hydrogens (tertiary/aromatic N) is 3. The topological polar surface area (TPSA) is 61.2 Å². The van der Waals surface area contributed by atoms with Crippen LogP contribution in [0.2, 0.25) is 0 Å². The van der Waals surface area contributed by atoms with E-state index in [4.69, 9.17) is 9.47 Å². The summed E-state index contributed by atoms with van der Waals surface area (Å²) in [5, 5.41) is 3.97. The number of rotatable bonds is 6. The quantitative estimate of drug-likeness (QED) is 0.282. The van der Waals surface area contributed by atoms with Gasteiger partial charge in [-0.15, -0.1) is 0 Å². The third-order valence-electron chi connectivity index (χ3n) is 5.77. The Kier molecular flexibility index (Phi) is 5.97. The summed E-state index contributed by atoms with van der Waals surface area (Å²) in [5.41, 5.74) is 2.41. The lowest BCUT2D eigenvalue weighted by Gasteiger charge is -2.12. The summed E-state index contributed by atoms with van der Waals surface area (Å²) in [6, 6.07) is 20.1. The standard InChI is InChI=1S/C27H21F3N4O2/c1-35-22-12-11-19(14-23(22)36-2)33-25-24-21(17-7-4-3-5-8-17)15-34(26(24)32-16-31-25)20-10-6-9-18(13-20)27(28,29)30/h3-16H,1-2H3,(H,31,32,33). The second-order valence-corrected chi connectivity index (χ2v) is 7.94. The van der Waals surface area contributed by atoms with Gasteiger partial charge >= 0.3 is 6.18 Å². The molecule has 3 aromatic carbocycles. The molecular weight excluding hydrogens is 469 g/mol. The normalized spacial score (nSPS) is 11.5. The van der Waals surface area contributed by atoms with Gasteiger partial charge in [-0.1, -0.05) is 36.4 Å². The van der Waals surface area contributed by atoms with Gasteiger partial charge < -0.3 is 19.4 Å². The molecule has 0 saturated carbocycles. The Bertz CT molecular complexity index is 1530. The lowest BCUT2D eigenvalue weighted by Crippen LogP contribution is -2.06. The van der Waals surface area contributed by atoms with E-state index >= 15 is 0 Å². The average molecular weight is 490 g/mol. The molecule has 36 heavy (non-hydrogen) atoms. The van der Waals surface area contributed by atoms with Crippen LogP contribution in [0.5, 0.6) is 11.5 Å². The van der Waals surface area contributed by atoms with Crippen LogP contribution in [-0.4, -0.2) is 28.8 Å². The highest BCUT2D eigenvalue weighted by Gasteiger charge is 2.31. The number of anilines is 2. The number of benzene rings is 3. The molecule has 0 aliphatic carbocycles. The van der Waals surface area contributed by atoms with E-state index in [1.54, 1.807) is 43.2 Å². The first-order chi connectivity index (χ1) is 17.4. The molecule has 2 aromatic heterocycles. The maximum atomic E-state index is 13.4. The number of alkyl halides is 3. The number of halogens is 3. The van der Waals surface area contributed by atoms with Crippen molar-refractivity contribution in [3.63, 3.8) is 0 Å². The highest BCUT2D eigenvalue weighted by atomic mass is 19.4. The van der Waals surface area contributed by atoms with Crippen LogP contribution in [0.1, 0.15) is 5.56 Å². The molecule has 5 aromatic rings. The lowest BCUT2D eigenvalue weighted by molar-refractivity contribution is -0.137. The van der Waals surface area contributed by atoms with Crippen molar-refractivity contribution in [1.82, 2.24) is 14.5 Å². The summed E-state index contributed by atoms with van der Waals surface area (Å²) in [7, 11) is 3.11. The largest absolute Gasteiger partial charge is 0.493 e. The molecule has 0 fully saturated rings. The van der Waals surface area contributed by atoms with Gasteiger partial charge in [0.05, 0.1) is 25.2 Å². The van der Waals surface area contributed by atoms with Crippen LogP contribution >= 0.6 is 0 Å². The van der Waals surface area contributed by atoms with Crippen molar-refractivity contribution in [1.29, 1.82) is 0 Å². The number of ether oxygens (including phenoxy) is 2. The van der Waals surface area contributed by atoms with Crippen LogP contribution in [0.3, 0.4) is 0 Å². The van der Waals surface area contributed by atoms with Gasteiger partial charge in [0.1, 0.15) is 12.1 Å². The summed E-state index contributed by atoms with van der Waals surface area (Å²) < 4.78 is 52.6. The van der Waals surface area contributed by atoms with Gasteiger partial charge in [0.25, 0.3) is 0 Å². The molecule has 0 spiro atoms. The predicted molar refractivity (Wildman–Crippen MR) is 132 cm³/mol. The minimum atomic E-state index is -4.46. The number of nitrogens with one attached hydrogen (secondary N) is 1. The highest BCUT2D eigenvalue weighted by molar-refractivity contribution is 6.03. The number of methoxy groups -OCH3 is 2. The molecule has 0 unspecified atom stereocenters. The van der Waals surface area contributed by atoms with Crippen LogP contribution in [0.15, 0.2) is 85.3 Å². The van der Waals surface area contributed by atoms with E-state index < -0.39 is 11.7 Å². The monoisotopic (exact) mass is 490 g/mol. The molecule has 182 valence electrons. The van der Waals surface area contributed by atoms with E-state index in [9.17, 15) is 13.2 Å². The van der Waals surface area contributed by atoms with E-state index in [-0.39, 0.29) is 0 Å². The zero-order valence-corrected chi connectivity index (χ0v) is 19.4. The molecule has 0 atom stereocenters. The highest BCUT2D eigenvalue weighted by Crippen LogP contribution is 2.38. The molecule has 6 nitrogen and oxygen atoms in total. The van der Waals surface area contributed by atoms with E-state index in [1.165, 1.54) is 12.4 Å². The van der Waals surface area contributed by atoms with Gasteiger partial charge in [-0.2, -0.15) is 13.2 Å². The van der Waals surface area contributed by atoms with Crippen molar-refractivity contribution < 1.29 is 22.6 Å². The van der Waals surface area contributed by atoms with Gasteiger partial charge in [-0.25, -0.2) is 9.97 Å². The molecule has 0 amide bonds. The van der Waals surface area contributed by atoms with Crippen LogP contribution in [0, 0.1) is 0 Å². The van der Waals surface area contributed by atoms with Crippen molar-refractivity contribution in [2.24, 2.45) is 0 Å². The van der Waals surface area contributed by atoms with E-state index in [1.807, 2.05) is 36.4 Å². The first-order valence-electron chi connectivity index (χ1n) is 11.0. The maximum Gasteiger partial charge on any atom is 0.416 e. The summed E-state index contributed by atoms with van der Waals surface area (Å²) >= 11 is 0. The first-order valence-corrected chi connectivity index (χ1v) is 11.0. The third-order valence-corrected chi connectivity index (χ3v) is 5.77. The molecule has 9 heteroatoms. The van der Waals surface area contributed by atoms with E-state index in [2.05, 4.69) is 15.3 Å². The van der Waals surface area contributed by atoms with Gasteiger partial charge in [0.2, 0.25) is 0 Å². The molecule has 0 radical (unpaired) electrons. The second kappa shape index (κ2) is 9.26. The third kappa shape index (κ3) is 4.31. The van der Waals surface area contributed by atoms with Crippen LogP contribution in [0.4, 0.5) is 24.7 Å². The Balaban J connectivity index is 1.70. The summed E-state index contributed by atoms with van der Waals surface area (Å²) in [4.78, 5) is 8.91. The van der Waals surface area contributed by atoms with Gasteiger partial charge in [-0.3, -0.25) is 0 Å². The van der Waals surface area contributed by atoms with Gasteiger partial charge in [-0.05, 0) is 35.9 Å². The number of hydrogen-bond donors (Lipinski definition) is 1. The number of fused-ring (bicyclic) bond motifs is 1. The molecule has 1 N–H and O–H groups in total. The fourth-order valence-electron chi connectivity index (χ4n) is 4.07. The second-order valence-electron chi connectivity index (χ2n) is 7.94. The van der Waals surface area contributed by atoms with Gasteiger partial charge in [0.15, 0.2) is 17.1 Å². The summed E-state index contributed by atoms with van der Waals surface area (Å²) in [6.07, 6.45) is -1.30. The zero-order valence-electron chi connectivity index (χ0n) is 19.4. The Labute approximate surface area is 205 Å². The van der Waals surface area contributed by atoms with Gasteiger partial charge in [0, 0.05) is 29.2 Å². The Hall–Kier alpha value is -4.53. The first kappa shape index (κ1) is 23.2. The molecule has 0 bridgehead atoms. The summed E-state index contributed by atoms with van der Waals surface area (Å²) in [5.74, 6) is 1.62. The van der Waals surface area contributed by atoms with Crippen molar-refractivity contribution in [2.45, 2.75) is 6.18 Å². The number of aromatic nitrogens is 3. The smallest absolute Gasteiger partial charge is 0.416 e. The molecular formula is C27H21F3N4O2. The maximum absolute atomic E-state index is 13.4.